The fourth-order valence-electron chi connectivity index (χ4n) is 4.98. The van der Waals surface area contributed by atoms with E-state index in [4.69, 9.17) is 30.0 Å². The molecular formula is C20H27N10O11P. The molecule has 6 unspecified atom stereocenters. The molecule has 0 bridgehead atoms. The molecule has 0 radical (unpaired) electrons. The number of anilines is 1. The highest BCUT2D eigenvalue weighted by molar-refractivity contribution is 7.47. The largest absolute Gasteiger partial charge is 0.472 e. The van der Waals surface area contributed by atoms with E-state index in [1.807, 2.05) is 0 Å². The predicted octanol–water partition coefficient (Wildman–Crippen LogP) is -3.81. The highest BCUT2D eigenvalue weighted by Crippen LogP contribution is 2.50. The van der Waals surface area contributed by atoms with Gasteiger partial charge in [-0.25, -0.2) is 19.2 Å². The standard InChI is InChI=1S/C20H27N10O11P/c21-19-27-16-9(17(35)28-19)25-5-29(16)18-14(11(33)7(2-31)40-18)41-42(36,37)38-3-8-10(32)12(34)13(39-8)6-1-26-30-15(6)23-4-24-20(30)22/h1,4-5,7-8,10-14,18,20,31-34H,2-3,22H2,(H,23,24)(H,36,37)(H3,21,27,28,35)/t7-,8-,10?,11?,12?,13+,14?,18-,20?/m1/s1. The van der Waals surface area contributed by atoms with Crippen molar-refractivity contribution < 1.29 is 48.4 Å². The molecule has 3 aliphatic rings. The maximum atomic E-state index is 13.0. The number of nitrogens with one attached hydrogen (secondary N) is 2. The van der Waals surface area contributed by atoms with Crippen molar-refractivity contribution in [3.63, 3.8) is 0 Å². The van der Waals surface area contributed by atoms with Crippen LogP contribution in [0.25, 0.3) is 11.2 Å². The number of imidazole rings is 1. The van der Waals surface area contributed by atoms with E-state index in [2.05, 4.69) is 30.4 Å². The fraction of sp³-hybridized carbons (Fsp3) is 0.550. The monoisotopic (exact) mass is 614 g/mol. The van der Waals surface area contributed by atoms with Gasteiger partial charge < -0.3 is 45.8 Å². The Bertz CT molecular complexity index is 1610. The zero-order valence-electron chi connectivity index (χ0n) is 21.3. The summed E-state index contributed by atoms with van der Waals surface area (Å²) in [5, 5.41) is 48.4. The maximum absolute atomic E-state index is 13.0. The number of hydrogen-bond donors (Lipinski definition) is 9. The van der Waals surface area contributed by atoms with Gasteiger partial charge in [0.15, 0.2) is 29.5 Å². The van der Waals surface area contributed by atoms with Crippen LogP contribution in [0.15, 0.2) is 22.3 Å². The number of aliphatic hydroxyl groups is 4. The van der Waals surface area contributed by atoms with Gasteiger partial charge in [-0.2, -0.15) is 10.1 Å². The lowest BCUT2D eigenvalue weighted by Crippen LogP contribution is -2.36. The lowest BCUT2D eigenvalue weighted by Gasteiger charge is -2.25. The molecule has 228 valence electrons. The first kappa shape index (κ1) is 28.8. The number of hydrogen-bond acceptors (Lipinski definition) is 17. The van der Waals surface area contributed by atoms with Crippen molar-refractivity contribution >= 4 is 37.1 Å². The van der Waals surface area contributed by atoms with Crippen LogP contribution in [0.2, 0.25) is 0 Å². The van der Waals surface area contributed by atoms with E-state index in [0.29, 0.717) is 5.56 Å². The number of nitrogens with zero attached hydrogens (tertiary/aromatic N) is 6. The highest BCUT2D eigenvalue weighted by atomic mass is 31.2. The number of nitrogens with two attached hydrogens (primary N) is 2. The number of nitrogen functional groups attached to an aromatic ring is 1. The summed E-state index contributed by atoms with van der Waals surface area (Å²) >= 11 is 0. The number of ether oxygens (including phenoxy) is 2. The number of phosphoric acid groups is 1. The number of phosphoric ester groups is 1. The first-order valence-corrected chi connectivity index (χ1v) is 13.9. The van der Waals surface area contributed by atoms with E-state index in [1.54, 1.807) is 0 Å². The fourth-order valence-corrected chi connectivity index (χ4v) is 5.92. The second kappa shape index (κ2) is 10.7. The van der Waals surface area contributed by atoms with Crippen molar-refractivity contribution in [1.82, 2.24) is 34.6 Å². The van der Waals surface area contributed by atoms with E-state index in [0.717, 1.165) is 10.9 Å². The Labute approximate surface area is 233 Å². The Kier molecular flexibility index (Phi) is 7.35. The molecular weight excluding hydrogens is 587 g/mol. The second-order valence-electron chi connectivity index (χ2n) is 9.66. The lowest BCUT2D eigenvalue weighted by molar-refractivity contribution is -0.0550. The molecule has 3 aliphatic heterocycles. The number of fused-ring (bicyclic) bond motifs is 2. The predicted molar refractivity (Wildman–Crippen MR) is 137 cm³/mol. The average molecular weight is 614 g/mol. The third kappa shape index (κ3) is 4.89. The van der Waals surface area contributed by atoms with Gasteiger partial charge in [-0.1, -0.05) is 0 Å². The third-order valence-corrected chi connectivity index (χ3v) is 8.02. The van der Waals surface area contributed by atoms with Crippen LogP contribution < -0.4 is 22.3 Å². The molecule has 21 nitrogen and oxygen atoms in total. The highest BCUT2D eigenvalue weighted by Gasteiger charge is 2.50. The molecule has 0 aliphatic carbocycles. The van der Waals surface area contributed by atoms with E-state index in [9.17, 15) is 34.7 Å². The van der Waals surface area contributed by atoms with Gasteiger partial charge in [0.1, 0.15) is 42.7 Å². The number of H-pyrrole nitrogens is 1. The molecule has 6 rings (SSSR count). The Balaban J connectivity index is 1.18. The third-order valence-electron chi connectivity index (χ3n) is 7.04. The summed E-state index contributed by atoms with van der Waals surface area (Å²) in [4.78, 5) is 37.1. The van der Waals surface area contributed by atoms with Crippen LogP contribution in [0.5, 0.6) is 0 Å². The van der Waals surface area contributed by atoms with Crippen molar-refractivity contribution in [2.45, 2.75) is 55.2 Å². The molecule has 10 atom stereocenters. The Morgan fingerprint density at radius 2 is 1.95 bits per heavy atom. The molecule has 3 aromatic rings. The number of rotatable bonds is 8. The summed E-state index contributed by atoms with van der Waals surface area (Å²) in [5.74, 6) is 0.0268. The lowest BCUT2D eigenvalue weighted by atomic mass is 10.0. The minimum Gasteiger partial charge on any atom is -0.394 e. The summed E-state index contributed by atoms with van der Waals surface area (Å²) in [6, 6.07) is 0. The van der Waals surface area contributed by atoms with E-state index in [1.165, 1.54) is 17.2 Å². The molecule has 0 saturated carbocycles. The van der Waals surface area contributed by atoms with Crippen LogP contribution in [0.1, 0.15) is 24.2 Å². The Morgan fingerprint density at radius 3 is 2.71 bits per heavy atom. The molecule has 2 fully saturated rings. The second-order valence-corrected chi connectivity index (χ2v) is 11.1. The summed E-state index contributed by atoms with van der Waals surface area (Å²) in [6.45, 7) is -1.42. The van der Waals surface area contributed by atoms with Crippen molar-refractivity contribution in [2.24, 2.45) is 10.7 Å². The molecule has 11 N–H and O–H groups in total. The quantitative estimate of drug-likeness (QED) is 0.110. The first-order chi connectivity index (χ1) is 20.0. The summed E-state index contributed by atoms with van der Waals surface area (Å²) in [7, 11) is -5.05. The zero-order valence-corrected chi connectivity index (χ0v) is 22.2. The van der Waals surface area contributed by atoms with Gasteiger partial charge in [0.2, 0.25) is 5.95 Å². The summed E-state index contributed by atoms with van der Waals surface area (Å²) in [6.07, 6.45) is -8.31. The normalized spacial score (nSPS) is 34.0. The Hall–Kier alpha value is -3.34. The minimum atomic E-state index is -5.05. The molecule has 6 heterocycles. The van der Waals surface area contributed by atoms with Crippen molar-refractivity contribution in [3.05, 3.63) is 28.4 Å². The van der Waals surface area contributed by atoms with Crippen LogP contribution in [0.4, 0.5) is 11.8 Å². The average Bonchev–Trinajstić information content (AvgIpc) is 3.69. The molecule has 0 amide bonds. The van der Waals surface area contributed by atoms with Crippen molar-refractivity contribution in [1.29, 1.82) is 0 Å². The van der Waals surface area contributed by atoms with Gasteiger partial charge in [0, 0.05) is 5.56 Å². The number of aromatic amines is 1. The van der Waals surface area contributed by atoms with Crippen LogP contribution in [-0.4, -0.2) is 111 Å². The van der Waals surface area contributed by atoms with E-state index >= 15 is 0 Å². The van der Waals surface area contributed by atoms with Crippen LogP contribution in [0.3, 0.4) is 0 Å². The van der Waals surface area contributed by atoms with E-state index < -0.39 is 81.8 Å². The van der Waals surface area contributed by atoms with Crippen LogP contribution in [-0.2, 0) is 23.1 Å². The summed E-state index contributed by atoms with van der Waals surface area (Å²) in [5.41, 5.74) is 11.0. The van der Waals surface area contributed by atoms with Crippen molar-refractivity contribution in [3.8, 4) is 0 Å². The topological polar surface area (TPSA) is 313 Å². The van der Waals surface area contributed by atoms with Gasteiger partial charge in [-0.15, -0.1) is 0 Å². The molecule has 0 aromatic carbocycles. The molecule has 22 heteroatoms. The minimum absolute atomic E-state index is 0.0831. The molecule has 2 saturated heterocycles. The smallest absolute Gasteiger partial charge is 0.394 e. The molecule has 0 spiro atoms. The van der Waals surface area contributed by atoms with Gasteiger partial charge in [-0.3, -0.25) is 29.1 Å². The van der Waals surface area contributed by atoms with Gasteiger partial charge >= 0.3 is 7.82 Å². The Morgan fingerprint density at radius 1 is 1.17 bits per heavy atom. The van der Waals surface area contributed by atoms with Crippen LogP contribution >= 0.6 is 7.82 Å². The zero-order chi connectivity index (χ0) is 29.9. The van der Waals surface area contributed by atoms with Gasteiger partial charge in [-0.05, 0) is 0 Å². The van der Waals surface area contributed by atoms with Crippen molar-refractivity contribution in [2.75, 3.05) is 18.9 Å². The molecule has 42 heavy (non-hydrogen) atoms. The molecule has 3 aromatic heterocycles. The van der Waals surface area contributed by atoms with Gasteiger partial charge in [0.25, 0.3) is 5.56 Å². The summed E-state index contributed by atoms with van der Waals surface area (Å²) < 4.78 is 37.1. The number of aliphatic imine (C=N–C) groups is 1. The van der Waals surface area contributed by atoms with Gasteiger partial charge in [0.05, 0.1) is 32.1 Å². The SMILES string of the molecule is Nc1nc2c(ncn2[C@@H]2O[C@H](CO)C(O)C2OP(=O)(O)OC[C@H]2O[C@@H](c3cnn4c3N=CNC4N)C(O)C2O)c(=O)[nH]1. The van der Waals surface area contributed by atoms with Crippen LogP contribution in [0, 0.1) is 0 Å². The number of aliphatic hydroxyl groups excluding tert-OH is 4. The maximum Gasteiger partial charge on any atom is 0.472 e. The number of aromatic nitrogens is 6. The first-order valence-electron chi connectivity index (χ1n) is 12.4. The van der Waals surface area contributed by atoms with E-state index in [-0.39, 0.29) is 22.9 Å².